The molecule has 1 fully saturated rings. The van der Waals surface area contributed by atoms with Gasteiger partial charge in [-0.15, -0.1) is 0 Å². The summed E-state index contributed by atoms with van der Waals surface area (Å²) >= 11 is 3.21. The Hall–Kier alpha value is -1.14. The molecule has 1 aliphatic heterocycles. The summed E-state index contributed by atoms with van der Waals surface area (Å²) in [6, 6.07) is 3.65. The van der Waals surface area contributed by atoms with E-state index in [1.807, 2.05) is 6.07 Å². The molecule has 0 spiro atoms. The lowest BCUT2D eigenvalue weighted by Gasteiger charge is -2.27. The fourth-order valence-corrected chi connectivity index (χ4v) is 2.71. The first-order valence-electron chi connectivity index (χ1n) is 5.95. The van der Waals surface area contributed by atoms with Gasteiger partial charge in [0.05, 0.1) is 11.1 Å². The number of nitrogens with one attached hydrogen (secondary N) is 1. The van der Waals surface area contributed by atoms with Gasteiger partial charge in [0, 0.05) is 19.0 Å². The van der Waals surface area contributed by atoms with Gasteiger partial charge < -0.3 is 4.90 Å². The van der Waals surface area contributed by atoms with E-state index in [0.717, 1.165) is 37.4 Å². The second kappa shape index (κ2) is 4.51. The molecule has 1 N–H and O–H groups in total. The normalized spacial score (nSPS) is 16.5. The van der Waals surface area contributed by atoms with E-state index in [1.54, 1.807) is 17.8 Å². The molecule has 0 radical (unpaired) electrons. The highest BCUT2D eigenvalue weighted by atomic mass is 79.9. The van der Waals surface area contributed by atoms with Crippen LogP contribution in [0.1, 0.15) is 6.42 Å². The van der Waals surface area contributed by atoms with Crippen LogP contribution in [-0.4, -0.2) is 29.5 Å². The second-order valence-corrected chi connectivity index (χ2v) is 5.33. The van der Waals surface area contributed by atoms with Crippen LogP contribution in [0, 0.1) is 5.82 Å². The monoisotopic (exact) mass is 312 g/mol. The average Bonchev–Trinajstić information content (AvgIpc) is 2.73. The third-order valence-electron chi connectivity index (χ3n) is 3.26. The number of hydrogen-bond acceptors (Lipinski definition) is 3. The summed E-state index contributed by atoms with van der Waals surface area (Å²) in [5, 5.41) is 8.63. The predicted molar refractivity (Wildman–Crippen MR) is 73.2 cm³/mol. The van der Waals surface area contributed by atoms with Crippen molar-refractivity contribution >= 4 is 32.7 Å². The summed E-state index contributed by atoms with van der Waals surface area (Å²) in [6.07, 6.45) is 1.08. The highest BCUT2D eigenvalue weighted by Crippen LogP contribution is 2.31. The largest absolute Gasteiger partial charge is 0.342 e. The van der Waals surface area contributed by atoms with Gasteiger partial charge in [0.1, 0.15) is 5.52 Å². The molecule has 1 aliphatic rings. The SMILES string of the molecule is Cn1nc(N2CCCNC2)c2ccc(Br)c(F)c21. The van der Waals surface area contributed by atoms with Crippen LogP contribution < -0.4 is 10.2 Å². The molecule has 3 rings (SSSR count). The van der Waals surface area contributed by atoms with Crippen molar-refractivity contribution in [2.24, 2.45) is 7.05 Å². The number of benzene rings is 1. The van der Waals surface area contributed by atoms with E-state index in [-0.39, 0.29) is 5.82 Å². The van der Waals surface area contributed by atoms with Gasteiger partial charge in [-0.2, -0.15) is 5.10 Å². The van der Waals surface area contributed by atoms with Gasteiger partial charge in [0.25, 0.3) is 0 Å². The summed E-state index contributed by atoms with van der Waals surface area (Å²) in [5.41, 5.74) is 0.546. The summed E-state index contributed by atoms with van der Waals surface area (Å²) in [7, 11) is 1.78. The number of hydrogen-bond donors (Lipinski definition) is 1. The molecule has 0 amide bonds. The molecular formula is C12H14BrFN4. The average molecular weight is 313 g/mol. The first-order valence-corrected chi connectivity index (χ1v) is 6.74. The molecule has 0 bridgehead atoms. The topological polar surface area (TPSA) is 33.1 Å². The molecule has 96 valence electrons. The lowest BCUT2D eigenvalue weighted by Crippen LogP contribution is -2.41. The fourth-order valence-electron chi connectivity index (χ4n) is 2.39. The lowest BCUT2D eigenvalue weighted by molar-refractivity contribution is 0.546. The highest BCUT2D eigenvalue weighted by Gasteiger charge is 2.20. The molecule has 2 heterocycles. The van der Waals surface area contributed by atoms with Crippen LogP contribution >= 0.6 is 15.9 Å². The summed E-state index contributed by atoms with van der Waals surface area (Å²) < 4.78 is 16.2. The summed E-state index contributed by atoms with van der Waals surface area (Å²) in [6.45, 7) is 2.75. The number of rotatable bonds is 1. The molecule has 18 heavy (non-hydrogen) atoms. The Bertz CT molecular complexity index is 589. The molecule has 0 unspecified atom stereocenters. The molecule has 1 aromatic heterocycles. The minimum atomic E-state index is -0.251. The standard InChI is InChI=1S/C12H14BrFN4/c1-17-11-8(3-4-9(13)10(11)14)12(16-17)18-6-2-5-15-7-18/h3-4,15H,2,5-7H2,1H3. The zero-order chi connectivity index (χ0) is 12.7. The maximum atomic E-state index is 14.1. The molecule has 0 atom stereocenters. The van der Waals surface area contributed by atoms with Crippen molar-refractivity contribution in [2.75, 3.05) is 24.7 Å². The first kappa shape index (κ1) is 11.9. The molecule has 6 heteroatoms. The summed E-state index contributed by atoms with van der Waals surface area (Å²) in [4.78, 5) is 2.15. The molecule has 4 nitrogen and oxygen atoms in total. The summed E-state index contributed by atoms with van der Waals surface area (Å²) in [5.74, 6) is 0.602. The molecule has 1 aromatic carbocycles. The Morgan fingerprint density at radius 2 is 2.28 bits per heavy atom. The van der Waals surface area contributed by atoms with E-state index in [1.165, 1.54) is 0 Å². The van der Waals surface area contributed by atoms with Crippen molar-refractivity contribution in [1.82, 2.24) is 15.1 Å². The number of anilines is 1. The lowest BCUT2D eigenvalue weighted by atomic mass is 10.2. The van der Waals surface area contributed by atoms with E-state index in [4.69, 9.17) is 0 Å². The van der Waals surface area contributed by atoms with Crippen LogP contribution in [0.5, 0.6) is 0 Å². The molecular weight excluding hydrogens is 299 g/mol. The van der Waals surface area contributed by atoms with Crippen molar-refractivity contribution in [1.29, 1.82) is 0 Å². The van der Waals surface area contributed by atoms with Crippen molar-refractivity contribution < 1.29 is 4.39 Å². The first-order chi connectivity index (χ1) is 8.68. The maximum Gasteiger partial charge on any atom is 0.163 e. The fraction of sp³-hybridized carbons (Fsp3) is 0.417. The van der Waals surface area contributed by atoms with E-state index in [0.29, 0.717) is 9.99 Å². The van der Waals surface area contributed by atoms with Gasteiger partial charge in [-0.05, 0) is 41.0 Å². The van der Waals surface area contributed by atoms with Gasteiger partial charge in [0.2, 0.25) is 0 Å². The van der Waals surface area contributed by atoms with Crippen LogP contribution in [0.15, 0.2) is 16.6 Å². The van der Waals surface area contributed by atoms with Crippen molar-refractivity contribution in [3.63, 3.8) is 0 Å². The Balaban J connectivity index is 2.16. The minimum absolute atomic E-state index is 0.251. The van der Waals surface area contributed by atoms with Gasteiger partial charge in [0.15, 0.2) is 11.6 Å². The second-order valence-electron chi connectivity index (χ2n) is 4.48. The number of halogens is 2. The van der Waals surface area contributed by atoms with Crippen LogP contribution in [0.2, 0.25) is 0 Å². The number of aryl methyl sites for hydroxylation is 1. The van der Waals surface area contributed by atoms with E-state index >= 15 is 0 Å². The zero-order valence-electron chi connectivity index (χ0n) is 10.1. The van der Waals surface area contributed by atoms with Crippen molar-refractivity contribution in [3.05, 3.63) is 22.4 Å². The molecule has 0 aliphatic carbocycles. The minimum Gasteiger partial charge on any atom is -0.342 e. The van der Waals surface area contributed by atoms with Gasteiger partial charge in [-0.3, -0.25) is 10.00 Å². The van der Waals surface area contributed by atoms with Crippen molar-refractivity contribution in [2.45, 2.75) is 6.42 Å². The van der Waals surface area contributed by atoms with E-state index in [9.17, 15) is 4.39 Å². The van der Waals surface area contributed by atoms with Crippen LogP contribution in [0.25, 0.3) is 10.9 Å². The van der Waals surface area contributed by atoms with Crippen LogP contribution in [0.4, 0.5) is 10.2 Å². The van der Waals surface area contributed by atoms with E-state index in [2.05, 4.69) is 31.2 Å². The van der Waals surface area contributed by atoms with Gasteiger partial charge >= 0.3 is 0 Å². The maximum absolute atomic E-state index is 14.1. The molecule has 1 saturated heterocycles. The van der Waals surface area contributed by atoms with Crippen LogP contribution in [-0.2, 0) is 7.05 Å². The Kier molecular flexibility index (Phi) is 2.99. The van der Waals surface area contributed by atoms with Gasteiger partial charge in [-0.25, -0.2) is 4.39 Å². The Morgan fingerprint density at radius 3 is 3.00 bits per heavy atom. The zero-order valence-corrected chi connectivity index (χ0v) is 11.7. The van der Waals surface area contributed by atoms with Crippen LogP contribution in [0.3, 0.4) is 0 Å². The third kappa shape index (κ3) is 1.80. The van der Waals surface area contributed by atoms with Gasteiger partial charge in [-0.1, -0.05) is 0 Å². The highest BCUT2D eigenvalue weighted by molar-refractivity contribution is 9.10. The number of nitrogens with zero attached hydrogens (tertiary/aromatic N) is 3. The quantitative estimate of drug-likeness (QED) is 0.876. The molecule has 0 saturated carbocycles. The number of aromatic nitrogens is 2. The molecule has 2 aromatic rings. The predicted octanol–water partition coefficient (Wildman–Crippen LogP) is 2.23. The van der Waals surface area contributed by atoms with Crippen molar-refractivity contribution in [3.8, 4) is 0 Å². The Labute approximate surface area is 113 Å². The third-order valence-corrected chi connectivity index (χ3v) is 3.87. The smallest absolute Gasteiger partial charge is 0.163 e. The number of fused-ring (bicyclic) bond motifs is 1. The Morgan fingerprint density at radius 1 is 1.44 bits per heavy atom. The van der Waals surface area contributed by atoms with E-state index < -0.39 is 0 Å².